The molecule has 0 heterocycles. The molecule has 239 valence electrons. The Labute approximate surface area is 261 Å². The molecule has 0 amide bonds. The first-order chi connectivity index (χ1) is 19.8. The zero-order valence-corrected chi connectivity index (χ0v) is 31.1. The van der Waals surface area contributed by atoms with Gasteiger partial charge < -0.3 is 0 Å². The molecule has 1 radical (unpaired) electrons. The molecule has 0 atom stereocenters. The summed E-state index contributed by atoms with van der Waals surface area (Å²) in [5.74, 6) is 0. The van der Waals surface area contributed by atoms with Gasteiger partial charge >= 0.3 is 246 Å². The van der Waals surface area contributed by atoms with Crippen LogP contribution in [0.5, 0.6) is 0 Å². The van der Waals surface area contributed by atoms with Crippen molar-refractivity contribution in [1.82, 2.24) is 0 Å². The van der Waals surface area contributed by atoms with E-state index in [0.717, 1.165) is 0 Å². The molecule has 0 unspecified atom stereocenters. The number of unbranched alkanes of at least 4 members (excludes halogenated alkanes) is 27. The third kappa shape index (κ3) is 40.2. The Morgan fingerprint density at radius 2 is 0.500 bits per heavy atom. The van der Waals surface area contributed by atoms with Crippen LogP contribution >= 0.6 is 0 Å². The fourth-order valence-corrected chi connectivity index (χ4v) is 14.5. The first-order valence-corrected chi connectivity index (χ1v) is 24.7. The first kappa shape index (κ1) is 42.2. The van der Waals surface area contributed by atoms with Crippen molar-refractivity contribution in [1.29, 1.82) is 5.53 Å². The van der Waals surface area contributed by atoms with Gasteiger partial charge in [0.15, 0.2) is 0 Å². The van der Waals surface area contributed by atoms with Gasteiger partial charge in [-0.05, 0) is 10.4 Å². The molecule has 4 heteroatoms. The van der Waals surface area contributed by atoms with Gasteiger partial charge in [0.1, 0.15) is 0 Å². The van der Waals surface area contributed by atoms with Gasteiger partial charge in [0.05, 0.1) is 0 Å². The predicted molar refractivity (Wildman–Crippen MR) is 185 cm³/mol. The Morgan fingerprint density at radius 1 is 0.350 bits per heavy atom. The van der Waals surface area contributed by atoms with Crippen molar-refractivity contribution in [2.45, 2.75) is 227 Å². The van der Waals surface area contributed by atoms with E-state index in [4.69, 9.17) is 11.1 Å². The zero-order chi connectivity index (χ0) is 29.6. The van der Waals surface area contributed by atoms with Crippen molar-refractivity contribution < 1.29 is 0 Å². The third-order valence-electron chi connectivity index (χ3n) is 8.65. The molecule has 0 rings (SSSR count). The second-order valence-electron chi connectivity index (χ2n) is 12.6. The minimum absolute atomic E-state index is 1.09. The van der Waals surface area contributed by atoms with E-state index in [0.29, 0.717) is 0 Å². The van der Waals surface area contributed by atoms with Crippen molar-refractivity contribution >= 4 is 19.8 Å². The van der Waals surface area contributed by atoms with E-state index in [2.05, 4.69) is 20.8 Å². The van der Waals surface area contributed by atoms with E-state index in [1.165, 1.54) is 154 Å². The van der Waals surface area contributed by atoms with Crippen LogP contribution in [0.2, 0.25) is 13.3 Å². The summed E-state index contributed by atoms with van der Waals surface area (Å²) in [7, 11) is 0. The summed E-state index contributed by atoms with van der Waals surface area (Å²) in [6, 6.07) is 0. The summed E-state index contributed by atoms with van der Waals surface area (Å²) in [5, 5.41) is 0. The first-order valence-electron chi connectivity index (χ1n) is 18.6. The third-order valence-corrected chi connectivity index (χ3v) is 17.7. The molecule has 0 bridgehead atoms. The normalized spacial score (nSPS) is 11.0. The van der Waals surface area contributed by atoms with E-state index in [1.807, 2.05) is 0 Å². The van der Waals surface area contributed by atoms with Crippen molar-refractivity contribution in [2.75, 3.05) is 0 Å². The number of hydrogen-bond acceptors (Lipinski definition) is 1. The van der Waals surface area contributed by atoms with Gasteiger partial charge in [-0.15, -0.1) is 5.53 Å². The summed E-state index contributed by atoms with van der Waals surface area (Å²) in [4.78, 5) is 1.75. The van der Waals surface area contributed by atoms with Crippen LogP contribution in [-0.4, -0.2) is 19.8 Å². The molecule has 0 aromatic rings. The van der Waals surface area contributed by atoms with Crippen molar-refractivity contribution in [3.05, 3.63) is 10.4 Å². The Morgan fingerprint density at radius 3 is 0.675 bits per heavy atom. The van der Waals surface area contributed by atoms with Gasteiger partial charge in [-0.3, -0.25) is 0 Å². The van der Waals surface area contributed by atoms with Crippen LogP contribution in [0.1, 0.15) is 213 Å². The Kier molecular flexibility index (Phi) is 43.6. The topological polar surface area (TPSA) is 60.3 Å². The number of rotatable bonds is 33. The summed E-state index contributed by atoms with van der Waals surface area (Å²) < 4.78 is 5.19. The molecule has 0 aliphatic rings. The minimum Gasteiger partial charge on any atom is -0.108 e. The van der Waals surface area contributed by atoms with Crippen LogP contribution in [0.25, 0.3) is 10.4 Å². The zero-order valence-electron chi connectivity index (χ0n) is 28.2. The van der Waals surface area contributed by atoms with E-state index in [9.17, 15) is 0 Å². The van der Waals surface area contributed by atoms with E-state index >= 15 is 0 Å². The quantitative estimate of drug-likeness (QED) is 0.0238. The average molecular weight is 670 g/mol. The van der Waals surface area contributed by atoms with Crippen molar-refractivity contribution in [2.24, 2.45) is 0 Å². The molecule has 0 saturated carbocycles. The monoisotopic (exact) mass is 671 g/mol. The van der Waals surface area contributed by atoms with Crippen LogP contribution < -0.4 is 0 Å². The molecule has 40 heavy (non-hydrogen) atoms. The molecule has 0 aromatic carbocycles. The van der Waals surface area contributed by atoms with Crippen LogP contribution in [0.4, 0.5) is 0 Å². The molecular formula is C36H76N3Sn. The summed E-state index contributed by atoms with van der Waals surface area (Å²) in [6.07, 6.45) is 45.0. The Bertz CT molecular complexity index is 408. The maximum absolute atomic E-state index is 6.86. The van der Waals surface area contributed by atoms with E-state index in [1.54, 1.807) is 56.7 Å². The maximum atomic E-state index is 6.86. The smallest absolute Gasteiger partial charge is 0.108 e. The molecule has 3 nitrogen and oxygen atoms in total. The second-order valence-corrected chi connectivity index (χ2v) is 21.2. The van der Waals surface area contributed by atoms with Gasteiger partial charge in [-0.1, -0.05) is 0 Å². The van der Waals surface area contributed by atoms with Crippen molar-refractivity contribution in [3.8, 4) is 0 Å². The SMILES string of the molecule is CCCCCCCCCCC[CH2][Sn]([CH2]CCCCCCCCCCC)[CH2]CCCCCCCCCCC.[N-]=[N+]=N. The van der Waals surface area contributed by atoms with E-state index < -0.39 is 19.8 Å². The molecule has 0 fully saturated rings. The fourth-order valence-electron chi connectivity index (χ4n) is 5.96. The van der Waals surface area contributed by atoms with Crippen LogP contribution in [-0.2, 0) is 0 Å². The van der Waals surface area contributed by atoms with Gasteiger partial charge in [0.25, 0.3) is 0 Å². The molecule has 0 aromatic heterocycles. The Hall–Kier alpha value is 0.109. The van der Waals surface area contributed by atoms with Gasteiger partial charge in [-0.25, -0.2) is 0 Å². The molecule has 0 saturated heterocycles. The molecule has 0 aliphatic heterocycles. The number of hydrogen-bond donors (Lipinski definition) is 1. The number of nitrogens with one attached hydrogen (secondary N) is 1. The van der Waals surface area contributed by atoms with Crippen molar-refractivity contribution in [3.63, 3.8) is 0 Å². The standard InChI is InChI=1S/3C12H25.HN3.Sn/c3*1-3-5-7-9-11-12-10-8-6-4-2;1-3-2;/h3*1,3-12H2,2H3;1H;. The van der Waals surface area contributed by atoms with Crippen LogP contribution in [0.15, 0.2) is 0 Å². The predicted octanol–water partition coefficient (Wildman–Crippen LogP) is 15.1. The molecular weight excluding hydrogens is 593 g/mol. The van der Waals surface area contributed by atoms with Crippen LogP contribution in [0, 0.1) is 5.53 Å². The fraction of sp³-hybridized carbons (Fsp3) is 1.00. The summed E-state index contributed by atoms with van der Waals surface area (Å²) >= 11 is -1.09. The van der Waals surface area contributed by atoms with Gasteiger partial charge in [0.2, 0.25) is 0 Å². The van der Waals surface area contributed by atoms with E-state index in [-0.39, 0.29) is 0 Å². The average Bonchev–Trinajstić information content (AvgIpc) is 2.96. The van der Waals surface area contributed by atoms with Gasteiger partial charge in [0, 0.05) is 0 Å². The summed E-state index contributed by atoms with van der Waals surface area (Å²) in [5.41, 5.74) is 12.2. The molecule has 0 aliphatic carbocycles. The second kappa shape index (κ2) is 41.2. The Balaban J connectivity index is 0. The minimum atomic E-state index is -1.09. The molecule has 1 N–H and O–H groups in total. The molecule has 0 spiro atoms. The number of nitrogens with zero attached hydrogens (tertiary/aromatic N) is 2. The van der Waals surface area contributed by atoms with Gasteiger partial charge in [-0.2, -0.15) is 0 Å². The summed E-state index contributed by atoms with van der Waals surface area (Å²) in [6.45, 7) is 6.97. The van der Waals surface area contributed by atoms with Crippen LogP contribution in [0.3, 0.4) is 0 Å².